The predicted molar refractivity (Wildman–Crippen MR) is 60.7 cm³/mol. The zero-order valence-corrected chi connectivity index (χ0v) is 9.63. The summed E-state index contributed by atoms with van der Waals surface area (Å²) in [5.41, 5.74) is 0. The lowest BCUT2D eigenvalue weighted by Crippen LogP contribution is -2.47. The van der Waals surface area contributed by atoms with Crippen molar-refractivity contribution in [3.8, 4) is 0 Å². The van der Waals surface area contributed by atoms with Crippen LogP contribution in [0.4, 0.5) is 0 Å². The average molecular weight is 224 g/mol. The minimum atomic E-state index is 0.0557. The Morgan fingerprint density at radius 3 is 2.62 bits per heavy atom. The van der Waals surface area contributed by atoms with Gasteiger partial charge >= 0.3 is 0 Å². The molecule has 4 nitrogen and oxygen atoms in total. The van der Waals surface area contributed by atoms with Gasteiger partial charge in [0.05, 0.1) is 0 Å². The van der Waals surface area contributed by atoms with Gasteiger partial charge in [-0.05, 0) is 19.3 Å². The number of rotatable bonds is 2. The molecule has 0 radical (unpaired) electrons. The van der Waals surface area contributed by atoms with Crippen molar-refractivity contribution in [1.29, 1.82) is 0 Å². The van der Waals surface area contributed by atoms with E-state index in [0.29, 0.717) is 13.0 Å². The first-order valence-corrected chi connectivity index (χ1v) is 6.33. The molecule has 2 aliphatic rings. The van der Waals surface area contributed by atoms with E-state index in [0.717, 1.165) is 19.3 Å². The van der Waals surface area contributed by atoms with Gasteiger partial charge in [0.15, 0.2) is 0 Å². The maximum Gasteiger partial charge on any atom is 0.223 e. The molecular formula is C12H20N2O2. The molecule has 2 amide bonds. The van der Waals surface area contributed by atoms with Crippen LogP contribution in [0.2, 0.25) is 0 Å². The molecule has 0 aromatic rings. The molecule has 1 heterocycles. The summed E-state index contributed by atoms with van der Waals surface area (Å²) < 4.78 is 0. The molecule has 1 saturated carbocycles. The number of amides is 2. The standard InChI is InChI=1S/C12H20N2O2/c15-11-8-10(6-7-13-11)14-12(16)9-4-2-1-3-5-9/h9-10H,1-8H2,(H,13,15)(H,14,16). The van der Waals surface area contributed by atoms with E-state index >= 15 is 0 Å². The second-order valence-corrected chi connectivity index (χ2v) is 4.88. The lowest BCUT2D eigenvalue weighted by Gasteiger charge is -2.27. The molecular weight excluding hydrogens is 204 g/mol. The fourth-order valence-corrected chi connectivity index (χ4v) is 2.59. The highest BCUT2D eigenvalue weighted by Crippen LogP contribution is 2.24. The minimum Gasteiger partial charge on any atom is -0.356 e. The van der Waals surface area contributed by atoms with E-state index in [-0.39, 0.29) is 23.8 Å². The Bertz CT molecular complexity index is 272. The van der Waals surface area contributed by atoms with Crippen LogP contribution in [0.3, 0.4) is 0 Å². The van der Waals surface area contributed by atoms with Gasteiger partial charge in [-0.3, -0.25) is 9.59 Å². The Kier molecular flexibility index (Phi) is 3.80. The lowest BCUT2D eigenvalue weighted by molar-refractivity contribution is -0.128. The SMILES string of the molecule is O=C1CC(NC(=O)C2CCCCC2)CCN1. The Labute approximate surface area is 96.2 Å². The van der Waals surface area contributed by atoms with Crippen LogP contribution in [0, 0.1) is 5.92 Å². The van der Waals surface area contributed by atoms with Gasteiger partial charge in [0.1, 0.15) is 0 Å². The molecule has 0 aromatic heterocycles. The van der Waals surface area contributed by atoms with Crippen molar-refractivity contribution in [2.75, 3.05) is 6.54 Å². The van der Waals surface area contributed by atoms with Crippen molar-refractivity contribution >= 4 is 11.8 Å². The number of piperidine rings is 1. The van der Waals surface area contributed by atoms with Crippen molar-refractivity contribution in [2.45, 2.75) is 51.0 Å². The first-order valence-electron chi connectivity index (χ1n) is 6.33. The van der Waals surface area contributed by atoms with Gasteiger partial charge in [-0.15, -0.1) is 0 Å². The van der Waals surface area contributed by atoms with Crippen molar-refractivity contribution in [2.24, 2.45) is 5.92 Å². The van der Waals surface area contributed by atoms with Crippen LogP contribution in [-0.2, 0) is 9.59 Å². The molecule has 2 rings (SSSR count). The van der Waals surface area contributed by atoms with E-state index in [1.54, 1.807) is 0 Å². The van der Waals surface area contributed by atoms with Crippen LogP contribution >= 0.6 is 0 Å². The van der Waals surface area contributed by atoms with Gasteiger partial charge in [0, 0.05) is 24.9 Å². The summed E-state index contributed by atoms with van der Waals surface area (Å²) in [6.07, 6.45) is 6.94. The summed E-state index contributed by atoms with van der Waals surface area (Å²) in [6, 6.07) is 0.0585. The largest absolute Gasteiger partial charge is 0.356 e. The predicted octanol–water partition coefficient (Wildman–Crippen LogP) is 0.961. The highest BCUT2D eigenvalue weighted by atomic mass is 16.2. The second kappa shape index (κ2) is 5.32. The molecule has 16 heavy (non-hydrogen) atoms. The summed E-state index contributed by atoms with van der Waals surface area (Å²) in [7, 11) is 0. The van der Waals surface area contributed by atoms with E-state index in [4.69, 9.17) is 0 Å². The molecule has 1 saturated heterocycles. The first kappa shape index (κ1) is 11.4. The van der Waals surface area contributed by atoms with Gasteiger partial charge in [0.2, 0.25) is 11.8 Å². The second-order valence-electron chi connectivity index (χ2n) is 4.88. The molecule has 2 fully saturated rings. The van der Waals surface area contributed by atoms with Crippen LogP contribution in [0.15, 0.2) is 0 Å². The van der Waals surface area contributed by atoms with Crippen LogP contribution in [0.25, 0.3) is 0 Å². The summed E-state index contributed by atoms with van der Waals surface area (Å²) in [4.78, 5) is 23.1. The zero-order chi connectivity index (χ0) is 11.4. The van der Waals surface area contributed by atoms with E-state index < -0.39 is 0 Å². The summed E-state index contributed by atoms with van der Waals surface area (Å²) in [6.45, 7) is 0.689. The van der Waals surface area contributed by atoms with Crippen LogP contribution in [-0.4, -0.2) is 24.4 Å². The molecule has 2 N–H and O–H groups in total. The third-order valence-electron chi connectivity index (χ3n) is 3.57. The minimum absolute atomic E-state index is 0.0557. The molecule has 4 heteroatoms. The van der Waals surface area contributed by atoms with E-state index in [9.17, 15) is 9.59 Å². The van der Waals surface area contributed by atoms with Crippen molar-refractivity contribution in [3.05, 3.63) is 0 Å². The summed E-state index contributed by atoms with van der Waals surface area (Å²) >= 11 is 0. The molecule has 1 aliphatic heterocycles. The molecule has 90 valence electrons. The zero-order valence-electron chi connectivity index (χ0n) is 9.63. The van der Waals surface area contributed by atoms with Gasteiger partial charge in [-0.25, -0.2) is 0 Å². The highest BCUT2D eigenvalue weighted by molar-refractivity contribution is 5.81. The molecule has 0 bridgehead atoms. The fourth-order valence-electron chi connectivity index (χ4n) is 2.59. The monoisotopic (exact) mass is 224 g/mol. The smallest absolute Gasteiger partial charge is 0.223 e. The molecule has 0 aromatic carbocycles. The van der Waals surface area contributed by atoms with Gasteiger partial charge in [-0.1, -0.05) is 19.3 Å². The molecule has 0 spiro atoms. The maximum atomic E-state index is 11.9. The third kappa shape index (κ3) is 2.97. The number of hydrogen-bond donors (Lipinski definition) is 2. The topological polar surface area (TPSA) is 58.2 Å². The quantitative estimate of drug-likeness (QED) is 0.734. The molecule has 1 unspecified atom stereocenters. The number of nitrogens with one attached hydrogen (secondary N) is 2. The maximum absolute atomic E-state index is 11.9. The van der Waals surface area contributed by atoms with Crippen molar-refractivity contribution < 1.29 is 9.59 Å². The van der Waals surface area contributed by atoms with Gasteiger partial charge in [-0.2, -0.15) is 0 Å². The molecule has 1 aliphatic carbocycles. The van der Waals surface area contributed by atoms with Crippen LogP contribution in [0.5, 0.6) is 0 Å². The average Bonchev–Trinajstić information content (AvgIpc) is 2.30. The number of carbonyl (C=O) groups is 2. The van der Waals surface area contributed by atoms with E-state index in [1.807, 2.05) is 0 Å². The van der Waals surface area contributed by atoms with Crippen LogP contribution in [0.1, 0.15) is 44.9 Å². The van der Waals surface area contributed by atoms with E-state index in [2.05, 4.69) is 10.6 Å². The Balaban J connectivity index is 1.79. The first-order chi connectivity index (χ1) is 7.75. The Morgan fingerprint density at radius 2 is 1.94 bits per heavy atom. The third-order valence-corrected chi connectivity index (χ3v) is 3.57. The fraction of sp³-hybridized carbons (Fsp3) is 0.833. The van der Waals surface area contributed by atoms with Crippen molar-refractivity contribution in [3.63, 3.8) is 0 Å². The Morgan fingerprint density at radius 1 is 1.19 bits per heavy atom. The summed E-state index contributed by atoms with van der Waals surface area (Å²) in [5.74, 6) is 0.415. The summed E-state index contributed by atoms with van der Waals surface area (Å²) in [5, 5.41) is 5.79. The van der Waals surface area contributed by atoms with E-state index in [1.165, 1.54) is 19.3 Å². The normalized spacial score (nSPS) is 27.2. The Hall–Kier alpha value is -1.06. The lowest BCUT2D eigenvalue weighted by atomic mass is 9.88. The highest BCUT2D eigenvalue weighted by Gasteiger charge is 2.25. The van der Waals surface area contributed by atoms with Crippen molar-refractivity contribution in [1.82, 2.24) is 10.6 Å². The van der Waals surface area contributed by atoms with Crippen LogP contribution < -0.4 is 10.6 Å². The van der Waals surface area contributed by atoms with Gasteiger partial charge in [0.25, 0.3) is 0 Å². The number of hydrogen-bond acceptors (Lipinski definition) is 2. The number of carbonyl (C=O) groups excluding carboxylic acids is 2. The van der Waals surface area contributed by atoms with Gasteiger partial charge < -0.3 is 10.6 Å². The molecule has 1 atom stereocenters.